The van der Waals surface area contributed by atoms with E-state index >= 15 is 0 Å². The molecule has 1 heterocycles. The van der Waals surface area contributed by atoms with Crippen molar-refractivity contribution in [1.82, 2.24) is 4.98 Å². The Morgan fingerprint density at radius 3 is 2.42 bits per heavy atom. The Morgan fingerprint density at radius 2 is 1.71 bits per heavy atom. The molecule has 3 aromatic carbocycles. The highest BCUT2D eigenvalue weighted by Gasteiger charge is 2.23. The van der Waals surface area contributed by atoms with Crippen molar-refractivity contribution in [2.75, 3.05) is 5.32 Å². The van der Waals surface area contributed by atoms with Gasteiger partial charge in [-0.25, -0.2) is 4.98 Å². The number of fused-ring (bicyclic) bond motifs is 1. The summed E-state index contributed by atoms with van der Waals surface area (Å²) in [6.07, 6.45) is 4.49. The highest BCUT2D eigenvalue weighted by molar-refractivity contribution is 9.10. The molecule has 31 heavy (non-hydrogen) atoms. The van der Waals surface area contributed by atoms with Crippen LogP contribution < -0.4 is 5.32 Å². The molecule has 0 aliphatic heterocycles. The number of carbonyl (C=O) groups is 2. The van der Waals surface area contributed by atoms with E-state index in [9.17, 15) is 14.7 Å². The minimum atomic E-state index is -0.975. The number of carboxylic acid groups (broad SMARTS) is 1. The molecule has 0 saturated heterocycles. The van der Waals surface area contributed by atoms with E-state index in [4.69, 9.17) is 4.42 Å². The van der Waals surface area contributed by atoms with Crippen LogP contribution in [0.4, 0.5) is 5.69 Å². The number of carboxylic acids is 1. The highest BCUT2D eigenvalue weighted by atomic mass is 79.9. The number of halogens is 1. The second-order valence-corrected chi connectivity index (χ2v) is 7.76. The molecule has 0 saturated carbocycles. The van der Waals surface area contributed by atoms with Gasteiger partial charge in [0, 0.05) is 16.2 Å². The van der Waals surface area contributed by atoms with E-state index in [-0.39, 0.29) is 5.91 Å². The first kappa shape index (κ1) is 20.6. The summed E-state index contributed by atoms with van der Waals surface area (Å²) < 4.78 is 6.19. The molecular formula is C24H17BrN2O4. The van der Waals surface area contributed by atoms with Crippen molar-refractivity contribution in [1.29, 1.82) is 0 Å². The maximum Gasteiger partial charge on any atom is 0.315 e. The van der Waals surface area contributed by atoms with Crippen molar-refractivity contribution in [3.8, 4) is 0 Å². The molecule has 0 bridgehead atoms. The summed E-state index contributed by atoms with van der Waals surface area (Å²) in [6.45, 7) is 0. The third kappa shape index (κ3) is 4.90. The van der Waals surface area contributed by atoms with Crippen LogP contribution in [0.3, 0.4) is 0 Å². The van der Waals surface area contributed by atoms with Gasteiger partial charge in [-0.2, -0.15) is 0 Å². The van der Waals surface area contributed by atoms with Gasteiger partial charge in [0.15, 0.2) is 12.0 Å². The Bertz CT molecular complexity index is 1260. The SMILES string of the molecule is O=C(C=Cc1ccc(Br)cc1)Nc1ccc(C(C(=O)O)c2ccc3ocnc3c2)cc1. The first-order valence-electron chi connectivity index (χ1n) is 9.40. The van der Waals surface area contributed by atoms with Gasteiger partial charge in [-0.15, -0.1) is 0 Å². The number of nitrogens with zero attached hydrogens (tertiary/aromatic N) is 1. The summed E-state index contributed by atoms with van der Waals surface area (Å²) in [6, 6.07) is 19.5. The van der Waals surface area contributed by atoms with E-state index in [1.54, 1.807) is 48.5 Å². The number of rotatable bonds is 6. The molecular weight excluding hydrogens is 460 g/mol. The topological polar surface area (TPSA) is 92.4 Å². The number of benzene rings is 3. The van der Waals surface area contributed by atoms with Gasteiger partial charge in [-0.1, -0.05) is 46.3 Å². The molecule has 6 nitrogen and oxygen atoms in total. The lowest BCUT2D eigenvalue weighted by Gasteiger charge is -2.14. The standard InChI is InChI=1S/C24H17BrN2O4/c25-18-7-1-15(2-8-18)3-12-22(28)27-19-9-4-16(5-10-19)23(24(29)30)17-6-11-21-20(13-17)26-14-31-21/h1-14,23H,(H,27,28)(H,29,30). The molecule has 1 aromatic heterocycles. The van der Waals surface area contributed by atoms with Crippen LogP contribution >= 0.6 is 15.9 Å². The van der Waals surface area contributed by atoms with Crippen molar-refractivity contribution >= 4 is 50.7 Å². The van der Waals surface area contributed by atoms with Crippen LogP contribution in [0, 0.1) is 0 Å². The van der Waals surface area contributed by atoms with Crippen molar-refractivity contribution in [2.24, 2.45) is 0 Å². The zero-order valence-electron chi connectivity index (χ0n) is 16.2. The number of anilines is 1. The lowest BCUT2D eigenvalue weighted by atomic mass is 9.91. The maximum atomic E-state index is 12.2. The van der Waals surface area contributed by atoms with Crippen LogP contribution in [0.25, 0.3) is 17.2 Å². The number of oxazole rings is 1. The normalized spacial score (nSPS) is 12.2. The Labute approximate surface area is 186 Å². The van der Waals surface area contributed by atoms with Crippen molar-refractivity contribution in [3.05, 3.63) is 100 Å². The monoisotopic (exact) mass is 476 g/mol. The van der Waals surface area contributed by atoms with E-state index in [2.05, 4.69) is 26.2 Å². The van der Waals surface area contributed by atoms with Crippen molar-refractivity contribution in [3.63, 3.8) is 0 Å². The lowest BCUT2D eigenvalue weighted by molar-refractivity contribution is -0.137. The molecule has 0 spiro atoms. The van der Waals surface area contributed by atoms with Gasteiger partial charge < -0.3 is 14.8 Å². The smallest absolute Gasteiger partial charge is 0.315 e. The Balaban J connectivity index is 1.48. The summed E-state index contributed by atoms with van der Waals surface area (Å²) >= 11 is 3.37. The number of carbonyl (C=O) groups excluding carboxylic acids is 1. The molecule has 7 heteroatoms. The van der Waals surface area contributed by atoms with Crippen molar-refractivity contribution < 1.29 is 19.1 Å². The van der Waals surface area contributed by atoms with Gasteiger partial charge in [0.1, 0.15) is 11.4 Å². The lowest BCUT2D eigenvalue weighted by Crippen LogP contribution is -2.13. The molecule has 154 valence electrons. The summed E-state index contributed by atoms with van der Waals surface area (Å²) in [5.74, 6) is -2.11. The fourth-order valence-electron chi connectivity index (χ4n) is 3.22. The first-order valence-corrected chi connectivity index (χ1v) is 10.2. The maximum absolute atomic E-state index is 12.2. The zero-order valence-corrected chi connectivity index (χ0v) is 17.7. The third-order valence-electron chi connectivity index (χ3n) is 4.74. The molecule has 1 unspecified atom stereocenters. The summed E-state index contributed by atoms with van der Waals surface area (Å²) in [4.78, 5) is 28.2. The van der Waals surface area contributed by atoms with E-state index in [0.717, 1.165) is 10.0 Å². The second-order valence-electron chi connectivity index (χ2n) is 6.85. The van der Waals surface area contributed by atoms with Crippen LogP contribution in [-0.4, -0.2) is 22.0 Å². The van der Waals surface area contributed by atoms with E-state index in [0.29, 0.717) is 27.9 Å². The van der Waals surface area contributed by atoms with E-state index in [1.807, 2.05) is 24.3 Å². The largest absolute Gasteiger partial charge is 0.481 e. The van der Waals surface area contributed by atoms with Crippen molar-refractivity contribution in [2.45, 2.75) is 5.92 Å². The number of aromatic nitrogens is 1. The molecule has 2 N–H and O–H groups in total. The number of hydrogen-bond acceptors (Lipinski definition) is 4. The molecule has 4 aromatic rings. The van der Waals surface area contributed by atoms with Crippen LogP contribution in [0.15, 0.2) is 88.1 Å². The minimum absolute atomic E-state index is 0.276. The number of nitrogens with one attached hydrogen (secondary N) is 1. The molecule has 0 aliphatic rings. The number of hydrogen-bond donors (Lipinski definition) is 2. The fourth-order valence-corrected chi connectivity index (χ4v) is 3.48. The van der Waals surface area contributed by atoms with Gasteiger partial charge in [-0.3, -0.25) is 9.59 Å². The molecule has 0 fully saturated rings. The van der Waals surface area contributed by atoms with Crippen LogP contribution in [0.5, 0.6) is 0 Å². The van der Waals surface area contributed by atoms with E-state index in [1.165, 1.54) is 12.5 Å². The molecule has 1 atom stereocenters. The highest BCUT2D eigenvalue weighted by Crippen LogP contribution is 2.28. The third-order valence-corrected chi connectivity index (χ3v) is 5.27. The average molecular weight is 477 g/mol. The number of amides is 1. The second kappa shape index (κ2) is 8.97. The average Bonchev–Trinajstić information content (AvgIpc) is 3.22. The molecule has 0 radical (unpaired) electrons. The van der Waals surface area contributed by atoms with Gasteiger partial charge in [0.05, 0.1) is 0 Å². The molecule has 0 aliphatic carbocycles. The Hall–Kier alpha value is -3.71. The van der Waals surface area contributed by atoms with Gasteiger partial charge in [-0.05, 0) is 59.2 Å². The Kier molecular flexibility index (Phi) is 5.95. The van der Waals surface area contributed by atoms with E-state index < -0.39 is 11.9 Å². The summed E-state index contributed by atoms with van der Waals surface area (Å²) in [5, 5.41) is 12.6. The van der Waals surface area contributed by atoms with Gasteiger partial charge in [0.2, 0.25) is 5.91 Å². The van der Waals surface area contributed by atoms with Crippen LogP contribution in [0.2, 0.25) is 0 Å². The molecule has 1 amide bonds. The quantitative estimate of drug-likeness (QED) is 0.360. The molecule has 4 rings (SSSR count). The number of aliphatic carboxylic acids is 1. The zero-order chi connectivity index (χ0) is 21.8. The predicted molar refractivity (Wildman–Crippen MR) is 122 cm³/mol. The summed E-state index contributed by atoms with van der Waals surface area (Å²) in [5.41, 5.74) is 3.88. The minimum Gasteiger partial charge on any atom is -0.481 e. The fraction of sp³-hybridized carbons (Fsp3) is 0.0417. The van der Waals surface area contributed by atoms with Gasteiger partial charge >= 0.3 is 5.97 Å². The summed E-state index contributed by atoms with van der Waals surface area (Å²) in [7, 11) is 0. The predicted octanol–water partition coefficient (Wildman–Crippen LogP) is 5.46. The first-order chi connectivity index (χ1) is 15.0. The van der Waals surface area contributed by atoms with Crippen LogP contribution in [-0.2, 0) is 9.59 Å². The Morgan fingerprint density at radius 1 is 1.00 bits per heavy atom. The van der Waals surface area contributed by atoms with Gasteiger partial charge in [0.25, 0.3) is 0 Å². The van der Waals surface area contributed by atoms with Crippen LogP contribution in [0.1, 0.15) is 22.6 Å².